The smallest absolute Gasteiger partial charge is 0.222 e. The molecule has 1 amide bonds. The molecule has 0 saturated carbocycles. The number of carbonyl (C=O) groups is 1. The van der Waals surface area contributed by atoms with Crippen LogP contribution in [0.3, 0.4) is 0 Å². The van der Waals surface area contributed by atoms with E-state index in [4.69, 9.17) is 4.74 Å². The van der Waals surface area contributed by atoms with E-state index >= 15 is 0 Å². The van der Waals surface area contributed by atoms with Gasteiger partial charge in [0.25, 0.3) is 0 Å². The molecule has 0 aliphatic heterocycles. The number of carbonyl (C=O) groups excluding carboxylic acids is 1. The molecule has 0 aliphatic carbocycles. The first-order chi connectivity index (χ1) is 9.62. The van der Waals surface area contributed by atoms with E-state index in [9.17, 15) is 4.79 Å². The monoisotopic (exact) mass is 332 g/mol. The fourth-order valence-electron chi connectivity index (χ4n) is 1.95. The van der Waals surface area contributed by atoms with Crippen molar-refractivity contribution in [3.05, 3.63) is 23.8 Å². The first-order valence-corrected chi connectivity index (χ1v) is 7.94. The summed E-state index contributed by atoms with van der Waals surface area (Å²) in [7, 11) is 5.41. The molecule has 0 radical (unpaired) electrons. The van der Waals surface area contributed by atoms with Crippen LogP contribution in [-0.2, 0) is 11.3 Å². The summed E-state index contributed by atoms with van der Waals surface area (Å²) in [6.45, 7) is 1.49. The van der Waals surface area contributed by atoms with Crippen LogP contribution in [0.5, 0.6) is 5.75 Å². The first-order valence-electron chi connectivity index (χ1n) is 6.71. The number of nitrogens with zero attached hydrogens (tertiary/aromatic N) is 1. The molecule has 6 heteroatoms. The van der Waals surface area contributed by atoms with E-state index in [2.05, 4.69) is 5.32 Å². The molecule has 0 aromatic heterocycles. The van der Waals surface area contributed by atoms with Gasteiger partial charge in [-0.25, -0.2) is 0 Å². The Labute approximate surface area is 138 Å². The first kappa shape index (κ1) is 20.1. The highest BCUT2D eigenvalue weighted by Crippen LogP contribution is 2.28. The summed E-state index contributed by atoms with van der Waals surface area (Å²) in [5.41, 5.74) is 1.09. The fourth-order valence-corrected chi connectivity index (χ4v) is 2.50. The Kier molecular flexibility index (Phi) is 10.3. The molecule has 1 N–H and O–H groups in total. The standard InChI is InChI=1S/C15H24N2O2S.ClH/c1-16-9-5-6-15(18)17(2)11-12-7-8-14(20-4)13(10-12)19-3;/h7-8,10,16H,5-6,9,11H2,1-4H3;1H. The van der Waals surface area contributed by atoms with Crippen molar-refractivity contribution in [2.24, 2.45) is 0 Å². The van der Waals surface area contributed by atoms with Gasteiger partial charge >= 0.3 is 0 Å². The summed E-state index contributed by atoms with van der Waals surface area (Å²) in [5, 5.41) is 3.05. The van der Waals surface area contributed by atoms with E-state index in [1.165, 1.54) is 0 Å². The molecular weight excluding hydrogens is 308 g/mol. The SMILES string of the molecule is CNCCCC(=O)N(C)Cc1ccc(SC)c(OC)c1.Cl. The number of hydrogen-bond acceptors (Lipinski definition) is 4. The summed E-state index contributed by atoms with van der Waals surface area (Å²) in [6, 6.07) is 6.09. The molecule has 1 aromatic rings. The van der Waals surface area contributed by atoms with Gasteiger partial charge in [0.1, 0.15) is 5.75 Å². The molecule has 21 heavy (non-hydrogen) atoms. The molecule has 0 fully saturated rings. The van der Waals surface area contributed by atoms with Crippen LogP contribution in [0.2, 0.25) is 0 Å². The molecule has 0 atom stereocenters. The van der Waals surface area contributed by atoms with E-state index < -0.39 is 0 Å². The lowest BCUT2D eigenvalue weighted by Crippen LogP contribution is -2.26. The average molecular weight is 333 g/mol. The Balaban J connectivity index is 0.00000400. The van der Waals surface area contributed by atoms with Crippen LogP contribution in [0.15, 0.2) is 23.1 Å². The van der Waals surface area contributed by atoms with E-state index in [1.807, 2.05) is 38.6 Å². The zero-order valence-electron chi connectivity index (χ0n) is 13.1. The molecule has 0 unspecified atom stereocenters. The van der Waals surface area contributed by atoms with Crippen LogP contribution < -0.4 is 10.1 Å². The molecule has 1 aromatic carbocycles. The number of nitrogens with one attached hydrogen (secondary N) is 1. The predicted octanol–water partition coefficient (Wildman–Crippen LogP) is 2.80. The quantitative estimate of drug-likeness (QED) is 0.587. The van der Waals surface area contributed by atoms with E-state index in [0.29, 0.717) is 13.0 Å². The van der Waals surface area contributed by atoms with Gasteiger partial charge in [0.05, 0.1) is 7.11 Å². The Morgan fingerprint density at radius 2 is 2.14 bits per heavy atom. The normalized spacial score (nSPS) is 9.90. The number of methoxy groups -OCH3 is 1. The van der Waals surface area contributed by atoms with Crippen molar-refractivity contribution in [3.8, 4) is 5.75 Å². The van der Waals surface area contributed by atoms with Crippen molar-refractivity contribution in [1.29, 1.82) is 0 Å². The minimum Gasteiger partial charge on any atom is -0.496 e. The van der Waals surface area contributed by atoms with Crippen LogP contribution in [0.4, 0.5) is 0 Å². The van der Waals surface area contributed by atoms with Crippen molar-refractivity contribution >= 4 is 30.1 Å². The van der Waals surface area contributed by atoms with Crippen molar-refractivity contribution < 1.29 is 9.53 Å². The summed E-state index contributed by atoms with van der Waals surface area (Å²) in [6.07, 6.45) is 3.47. The molecule has 1 rings (SSSR count). The lowest BCUT2D eigenvalue weighted by Gasteiger charge is -2.18. The highest BCUT2D eigenvalue weighted by Gasteiger charge is 2.10. The third kappa shape index (κ3) is 6.59. The van der Waals surface area contributed by atoms with Crippen molar-refractivity contribution in [1.82, 2.24) is 10.2 Å². The maximum absolute atomic E-state index is 12.0. The van der Waals surface area contributed by atoms with Crippen LogP contribution in [0.1, 0.15) is 18.4 Å². The van der Waals surface area contributed by atoms with E-state index in [-0.39, 0.29) is 18.3 Å². The van der Waals surface area contributed by atoms with Gasteiger partial charge in [-0.2, -0.15) is 0 Å². The largest absolute Gasteiger partial charge is 0.496 e. The van der Waals surface area contributed by atoms with Crippen LogP contribution in [0.25, 0.3) is 0 Å². The van der Waals surface area contributed by atoms with Crippen molar-refractivity contribution in [2.75, 3.05) is 34.0 Å². The number of hydrogen-bond donors (Lipinski definition) is 1. The number of benzene rings is 1. The lowest BCUT2D eigenvalue weighted by molar-refractivity contribution is -0.130. The minimum absolute atomic E-state index is 0. The molecular formula is C15H25ClN2O2S. The van der Waals surface area contributed by atoms with Crippen LogP contribution >= 0.6 is 24.2 Å². The Bertz CT molecular complexity index is 444. The summed E-state index contributed by atoms with van der Waals surface area (Å²) >= 11 is 1.65. The molecule has 0 aliphatic rings. The van der Waals surface area contributed by atoms with Gasteiger partial charge in [0, 0.05) is 24.9 Å². The number of amides is 1. The third-order valence-corrected chi connectivity index (χ3v) is 3.89. The Morgan fingerprint density at radius 1 is 1.43 bits per heavy atom. The lowest BCUT2D eigenvalue weighted by atomic mass is 10.2. The Morgan fingerprint density at radius 3 is 2.71 bits per heavy atom. The zero-order chi connectivity index (χ0) is 15.0. The van der Waals surface area contributed by atoms with Gasteiger partial charge in [-0.3, -0.25) is 4.79 Å². The highest BCUT2D eigenvalue weighted by atomic mass is 35.5. The van der Waals surface area contributed by atoms with Gasteiger partial charge < -0.3 is 15.0 Å². The minimum atomic E-state index is 0. The second-order valence-corrected chi connectivity index (χ2v) is 5.49. The van der Waals surface area contributed by atoms with Crippen molar-refractivity contribution in [3.63, 3.8) is 0 Å². The van der Waals surface area contributed by atoms with Crippen LogP contribution in [-0.4, -0.2) is 44.8 Å². The third-order valence-electron chi connectivity index (χ3n) is 3.11. The number of ether oxygens (including phenoxy) is 1. The maximum atomic E-state index is 12.0. The predicted molar refractivity (Wildman–Crippen MR) is 91.7 cm³/mol. The second-order valence-electron chi connectivity index (χ2n) is 4.65. The van der Waals surface area contributed by atoms with Crippen molar-refractivity contribution in [2.45, 2.75) is 24.3 Å². The number of thioether (sulfide) groups is 1. The van der Waals surface area contributed by atoms with Gasteiger partial charge in [0.2, 0.25) is 5.91 Å². The highest BCUT2D eigenvalue weighted by molar-refractivity contribution is 7.98. The second kappa shape index (κ2) is 10.8. The average Bonchev–Trinajstić information content (AvgIpc) is 2.47. The van der Waals surface area contributed by atoms with Gasteiger partial charge in [-0.1, -0.05) is 6.07 Å². The molecule has 0 saturated heterocycles. The molecule has 0 spiro atoms. The summed E-state index contributed by atoms with van der Waals surface area (Å²) < 4.78 is 5.37. The number of rotatable bonds is 8. The molecule has 120 valence electrons. The van der Waals surface area contributed by atoms with Gasteiger partial charge in [-0.05, 0) is 44.0 Å². The molecule has 4 nitrogen and oxygen atoms in total. The summed E-state index contributed by atoms with van der Waals surface area (Å²) in [5.74, 6) is 1.04. The topological polar surface area (TPSA) is 41.6 Å². The number of halogens is 1. The molecule has 0 bridgehead atoms. The van der Waals surface area contributed by atoms with Gasteiger partial charge in [-0.15, -0.1) is 24.2 Å². The van der Waals surface area contributed by atoms with E-state index in [0.717, 1.165) is 29.2 Å². The molecule has 0 heterocycles. The maximum Gasteiger partial charge on any atom is 0.222 e. The van der Waals surface area contributed by atoms with Gasteiger partial charge in [0.15, 0.2) is 0 Å². The fraction of sp³-hybridized carbons (Fsp3) is 0.533. The van der Waals surface area contributed by atoms with E-state index in [1.54, 1.807) is 23.8 Å². The van der Waals surface area contributed by atoms with Crippen LogP contribution in [0, 0.1) is 0 Å². The zero-order valence-corrected chi connectivity index (χ0v) is 14.8. The Hall–Kier alpha value is -0.910. The summed E-state index contributed by atoms with van der Waals surface area (Å²) in [4.78, 5) is 14.8.